The van der Waals surface area contributed by atoms with Gasteiger partial charge < -0.3 is 15.0 Å². The SMILES string of the molecule is CCCCCCCCCCCCCCCN1C[C@@H](OC(=O)NC(C)(C)C)CCC1=O. The zero-order valence-corrected chi connectivity index (χ0v) is 20.3. The number of carbonyl (C=O) groups is 2. The second kappa shape index (κ2) is 15.5. The summed E-state index contributed by atoms with van der Waals surface area (Å²) in [7, 11) is 0. The number of rotatable bonds is 15. The fourth-order valence-corrected chi connectivity index (χ4v) is 4.00. The smallest absolute Gasteiger partial charge is 0.407 e. The molecule has 5 nitrogen and oxygen atoms in total. The Morgan fingerprint density at radius 3 is 1.93 bits per heavy atom. The monoisotopic (exact) mass is 424 g/mol. The topological polar surface area (TPSA) is 58.6 Å². The Morgan fingerprint density at radius 2 is 1.43 bits per heavy atom. The van der Waals surface area contributed by atoms with Crippen LogP contribution in [0.25, 0.3) is 0 Å². The Balaban J connectivity index is 2.03. The number of unbranched alkanes of at least 4 members (excludes halogenated alkanes) is 12. The molecule has 176 valence electrons. The van der Waals surface area contributed by atoms with E-state index in [0.29, 0.717) is 19.4 Å². The minimum absolute atomic E-state index is 0.188. The number of hydrogen-bond donors (Lipinski definition) is 1. The van der Waals surface area contributed by atoms with Crippen molar-refractivity contribution in [2.24, 2.45) is 0 Å². The van der Waals surface area contributed by atoms with Crippen molar-refractivity contribution in [3.8, 4) is 0 Å². The first-order chi connectivity index (χ1) is 14.3. The standard InChI is InChI=1S/C25H48N2O3/c1-5-6-7-8-9-10-11-12-13-14-15-16-17-20-27-21-22(18-19-23(27)28)30-24(29)26-25(2,3)4/h22H,5-21H2,1-4H3,(H,26,29)/t22-/m0/s1. The third-order valence-corrected chi connectivity index (χ3v) is 5.74. The molecule has 0 aromatic carbocycles. The van der Waals surface area contributed by atoms with Crippen molar-refractivity contribution in [1.29, 1.82) is 0 Å². The van der Waals surface area contributed by atoms with E-state index in [2.05, 4.69) is 12.2 Å². The van der Waals surface area contributed by atoms with Gasteiger partial charge in [-0.1, -0.05) is 84.0 Å². The molecule has 0 aromatic heterocycles. The fraction of sp³-hybridized carbons (Fsp3) is 0.920. The summed E-state index contributed by atoms with van der Waals surface area (Å²) < 4.78 is 5.52. The number of hydrogen-bond acceptors (Lipinski definition) is 3. The lowest BCUT2D eigenvalue weighted by atomic mass is 10.0. The van der Waals surface area contributed by atoms with Crippen LogP contribution >= 0.6 is 0 Å². The molecule has 0 spiro atoms. The first kappa shape index (κ1) is 26.8. The van der Waals surface area contributed by atoms with Crippen molar-refractivity contribution in [2.75, 3.05) is 13.1 Å². The van der Waals surface area contributed by atoms with Crippen molar-refractivity contribution < 1.29 is 14.3 Å². The summed E-state index contributed by atoms with van der Waals surface area (Å²) in [6.45, 7) is 9.38. The van der Waals surface area contributed by atoms with Crippen LogP contribution in [0, 0.1) is 0 Å². The molecular formula is C25H48N2O3. The normalized spacial score (nSPS) is 17.3. The van der Waals surface area contributed by atoms with Gasteiger partial charge in [0.25, 0.3) is 0 Å². The Bertz CT molecular complexity index is 474. The van der Waals surface area contributed by atoms with Crippen molar-refractivity contribution >= 4 is 12.0 Å². The number of likely N-dealkylation sites (tertiary alicyclic amines) is 1. The highest BCUT2D eigenvalue weighted by Gasteiger charge is 2.28. The first-order valence-electron chi connectivity index (χ1n) is 12.6. The largest absolute Gasteiger partial charge is 0.444 e. The Labute approximate surface area is 185 Å². The average Bonchev–Trinajstić information content (AvgIpc) is 2.66. The van der Waals surface area contributed by atoms with E-state index in [1.54, 1.807) is 0 Å². The molecule has 0 aliphatic carbocycles. The molecule has 1 saturated heterocycles. The first-order valence-corrected chi connectivity index (χ1v) is 12.6. The summed E-state index contributed by atoms with van der Waals surface area (Å²) in [6, 6.07) is 0. The molecule has 1 fully saturated rings. The molecule has 0 aromatic rings. The lowest BCUT2D eigenvalue weighted by Crippen LogP contribution is -2.48. The molecule has 1 aliphatic heterocycles. The molecule has 5 heteroatoms. The van der Waals surface area contributed by atoms with Crippen LogP contribution < -0.4 is 5.32 Å². The summed E-state index contributed by atoms with van der Waals surface area (Å²) in [6.07, 6.45) is 17.8. The van der Waals surface area contributed by atoms with Crippen molar-refractivity contribution in [2.45, 2.75) is 136 Å². The highest BCUT2D eigenvalue weighted by Crippen LogP contribution is 2.17. The molecule has 0 radical (unpaired) electrons. The molecule has 1 atom stereocenters. The van der Waals surface area contributed by atoms with Gasteiger partial charge in [0.15, 0.2) is 0 Å². The van der Waals surface area contributed by atoms with Crippen molar-refractivity contribution in [3.63, 3.8) is 0 Å². The number of ether oxygens (including phenoxy) is 1. The van der Waals surface area contributed by atoms with Crippen molar-refractivity contribution in [1.82, 2.24) is 10.2 Å². The van der Waals surface area contributed by atoms with Gasteiger partial charge in [-0.3, -0.25) is 4.79 Å². The Hall–Kier alpha value is -1.26. The zero-order valence-electron chi connectivity index (χ0n) is 20.3. The summed E-state index contributed by atoms with van der Waals surface area (Å²) in [5.74, 6) is 0.199. The summed E-state index contributed by atoms with van der Waals surface area (Å²) in [5, 5.41) is 2.82. The molecule has 1 N–H and O–H groups in total. The van der Waals surface area contributed by atoms with Crippen LogP contribution in [-0.2, 0) is 9.53 Å². The maximum atomic E-state index is 12.2. The second-order valence-electron chi connectivity index (χ2n) is 10.0. The predicted molar refractivity (Wildman–Crippen MR) is 125 cm³/mol. The van der Waals surface area contributed by atoms with E-state index in [4.69, 9.17) is 4.74 Å². The molecule has 0 bridgehead atoms. The molecule has 30 heavy (non-hydrogen) atoms. The van der Waals surface area contributed by atoms with Gasteiger partial charge in [0.1, 0.15) is 6.10 Å². The van der Waals surface area contributed by atoms with Gasteiger partial charge in [-0.15, -0.1) is 0 Å². The van der Waals surface area contributed by atoms with E-state index in [9.17, 15) is 9.59 Å². The third-order valence-electron chi connectivity index (χ3n) is 5.74. The van der Waals surface area contributed by atoms with E-state index in [1.807, 2.05) is 25.7 Å². The molecule has 2 amide bonds. The van der Waals surface area contributed by atoms with E-state index in [-0.39, 0.29) is 23.6 Å². The molecule has 1 rings (SSSR count). The van der Waals surface area contributed by atoms with Crippen molar-refractivity contribution in [3.05, 3.63) is 0 Å². The van der Waals surface area contributed by atoms with Crippen LogP contribution in [0.3, 0.4) is 0 Å². The minimum atomic E-state index is -0.386. The molecule has 0 unspecified atom stereocenters. The number of alkyl carbamates (subject to hydrolysis) is 1. The summed E-state index contributed by atoms with van der Waals surface area (Å²) in [4.78, 5) is 26.0. The number of nitrogens with one attached hydrogen (secondary N) is 1. The van der Waals surface area contributed by atoms with Crippen LogP contribution in [-0.4, -0.2) is 41.6 Å². The summed E-state index contributed by atoms with van der Waals surface area (Å²) in [5.41, 5.74) is -0.310. The van der Waals surface area contributed by atoms with Crippen LogP contribution in [0.15, 0.2) is 0 Å². The average molecular weight is 425 g/mol. The van der Waals surface area contributed by atoms with E-state index >= 15 is 0 Å². The molecule has 1 aliphatic rings. The van der Waals surface area contributed by atoms with Crippen LogP contribution in [0.5, 0.6) is 0 Å². The minimum Gasteiger partial charge on any atom is -0.444 e. The maximum absolute atomic E-state index is 12.2. The van der Waals surface area contributed by atoms with Crippen LogP contribution in [0.1, 0.15) is 124 Å². The van der Waals surface area contributed by atoms with Gasteiger partial charge in [-0.25, -0.2) is 4.79 Å². The fourth-order valence-electron chi connectivity index (χ4n) is 4.00. The summed E-state index contributed by atoms with van der Waals surface area (Å²) >= 11 is 0. The number of amides is 2. The molecule has 1 heterocycles. The number of carbonyl (C=O) groups excluding carboxylic acids is 2. The van der Waals surface area contributed by atoms with E-state index in [1.165, 1.54) is 77.0 Å². The van der Waals surface area contributed by atoms with Gasteiger partial charge in [0, 0.05) is 18.5 Å². The van der Waals surface area contributed by atoms with Gasteiger partial charge >= 0.3 is 6.09 Å². The second-order valence-corrected chi connectivity index (χ2v) is 10.0. The van der Waals surface area contributed by atoms with Crippen LogP contribution in [0.2, 0.25) is 0 Å². The molecule has 0 saturated carbocycles. The quantitative estimate of drug-likeness (QED) is 0.302. The van der Waals surface area contributed by atoms with E-state index in [0.717, 1.165) is 13.0 Å². The Kier molecular flexibility index (Phi) is 13.9. The van der Waals surface area contributed by atoms with Crippen LogP contribution in [0.4, 0.5) is 4.79 Å². The molecular weight excluding hydrogens is 376 g/mol. The lowest BCUT2D eigenvalue weighted by Gasteiger charge is -2.33. The number of piperidine rings is 1. The van der Waals surface area contributed by atoms with Gasteiger partial charge in [0.05, 0.1) is 6.54 Å². The van der Waals surface area contributed by atoms with Gasteiger partial charge in [-0.2, -0.15) is 0 Å². The number of nitrogens with zero attached hydrogens (tertiary/aromatic N) is 1. The zero-order chi connectivity index (χ0) is 22.2. The lowest BCUT2D eigenvalue weighted by molar-refractivity contribution is -0.136. The highest BCUT2D eigenvalue weighted by molar-refractivity contribution is 5.77. The highest BCUT2D eigenvalue weighted by atomic mass is 16.6. The van der Waals surface area contributed by atoms with Gasteiger partial charge in [-0.05, 0) is 33.6 Å². The predicted octanol–water partition coefficient (Wildman–Crippen LogP) is 6.59. The van der Waals surface area contributed by atoms with E-state index < -0.39 is 0 Å². The third kappa shape index (κ3) is 13.9. The maximum Gasteiger partial charge on any atom is 0.407 e. The van der Waals surface area contributed by atoms with Gasteiger partial charge in [0.2, 0.25) is 5.91 Å². The Morgan fingerprint density at radius 1 is 0.933 bits per heavy atom.